The van der Waals surface area contributed by atoms with Crippen LogP contribution >= 0.6 is 0 Å². The van der Waals surface area contributed by atoms with E-state index in [-0.39, 0.29) is 35.8 Å². The van der Waals surface area contributed by atoms with Crippen molar-refractivity contribution in [3.63, 3.8) is 0 Å². The minimum atomic E-state index is -0.637. The second kappa shape index (κ2) is 8.70. The van der Waals surface area contributed by atoms with Gasteiger partial charge in [0, 0.05) is 18.0 Å². The molecule has 0 saturated carbocycles. The molecule has 138 valence electrons. The largest absolute Gasteiger partial charge is 0.493 e. The average molecular weight is 359 g/mol. The first kappa shape index (κ1) is 19.0. The number of aromatic nitrogens is 1. The summed E-state index contributed by atoms with van der Waals surface area (Å²) in [5.74, 6) is -0.235. The van der Waals surface area contributed by atoms with E-state index in [2.05, 4.69) is 10.3 Å². The summed E-state index contributed by atoms with van der Waals surface area (Å²) in [6.07, 6.45) is 3.32. The molecule has 1 unspecified atom stereocenters. The molecule has 1 atom stereocenters. The van der Waals surface area contributed by atoms with Crippen LogP contribution in [0.15, 0.2) is 36.7 Å². The van der Waals surface area contributed by atoms with Crippen molar-refractivity contribution in [1.29, 1.82) is 0 Å². The number of hydrogen-bond donors (Lipinski definition) is 2. The molecule has 0 spiro atoms. The Kier molecular flexibility index (Phi) is 6.37. The molecule has 0 bridgehead atoms. The number of carbonyl (C=O) groups is 2. The average Bonchev–Trinajstić information content (AvgIpc) is 2.65. The fourth-order valence-corrected chi connectivity index (χ4v) is 2.31. The van der Waals surface area contributed by atoms with Gasteiger partial charge >= 0.3 is 0 Å². The number of amides is 2. The molecular weight excluding hydrogens is 338 g/mol. The van der Waals surface area contributed by atoms with Gasteiger partial charge in [0.2, 0.25) is 5.75 Å². The number of ether oxygens (including phenoxy) is 3. The molecule has 1 aromatic heterocycles. The van der Waals surface area contributed by atoms with Gasteiger partial charge in [-0.3, -0.25) is 14.6 Å². The molecule has 1 aromatic carbocycles. The van der Waals surface area contributed by atoms with Crippen molar-refractivity contribution in [2.24, 2.45) is 5.73 Å². The molecule has 0 aliphatic heterocycles. The van der Waals surface area contributed by atoms with Crippen LogP contribution in [0.2, 0.25) is 0 Å². The molecule has 0 saturated heterocycles. The minimum absolute atomic E-state index is 0.201. The highest BCUT2D eigenvalue weighted by atomic mass is 16.5. The quantitative estimate of drug-likeness (QED) is 0.738. The van der Waals surface area contributed by atoms with Gasteiger partial charge in [0.15, 0.2) is 18.1 Å². The maximum atomic E-state index is 12.6. The number of nitrogens with one attached hydrogen (secondary N) is 1. The molecular formula is C18H21N3O5. The van der Waals surface area contributed by atoms with Gasteiger partial charge in [0.05, 0.1) is 20.3 Å². The maximum Gasteiger partial charge on any atom is 0.255 e. The number of nitrogens with zero attached hydrogens (tertiary/aromatic N) is 1. The number of carbonyl (C=O) groups excluding carboxylic acids is 2. The lowest BCUT2D eigenvalue weighted by molar-refractivity contribution is -0.120. The molecule has 2 aromatic rings. The Bertz CT molecular complexity index is 755. The zero-order valence-electron chi connectivity index (χ0n) is 14.8. The van der Waals surface area contributed by atoms with E-state index in [9.17, 15) is 9.59 Å². The van der Waals surface area contributed by atoms with E-state index in [0.717, 1.165) is 5.56 Å². The zero-order valence-corrected chi connectivity index (χ0v) is 14.8. The van der Waals surface area contributed by atoms with E-state index < -0.39 is 5.91 Å². The third-order valence-electron chi connectivity index (χ3n) is 3.64. The van der Waals surface area contributed by atoms with Crippen LogP contribution in [0.4, 0.5) is 0 Å². The Labute approximate surface area is 151 Å². The van der Waals surface area contributed by atoms with Crippen molar-refractivity contribution in [3.05, 3.63) is 47.8 Å². The predicted molar refractivity (Wildman–Crippen MR) is 94.4 cm³/mol. The molecule has 1 heterocycles. The Balaban J connectivity index is 2.25. The second-order valence-electron chi connectivity index (χ2n) is 5.44. The topological polar surface area (TPSA) is 113 Å². The van der Waals surface area contributed by atoms with Gasteiger partial charge < -0.3 is 25.3 Å². The van der Waals surface area contributed by atoms with E-state index in [1.54, 1.807) is 12.4 Å². The summed E-state index contributed by atoms with van der Waals surface area (Å²) in [6, 6.07) is 6.45. The molecule has 2 amide bonds. The Morgan fingerprint density at radius 2 is 1.73 bits per heavy atom. The van der Waals surface area contributed by atoms with Crippen LogP contribution in [-0.4, -0.2) is 37.6 Å². The second-order valence-corrected chi connectivity index (χ2v) is 5.44. The number of benzene rings is 1. The maximum absolute atomic E-state index is 12.6. The first-order valence-corrected chi connectivity index (χ1v) is 7.84. The smallest absolute Gasteiger partial charge is 0.255 e. The summed E-state index contributed by atoms with van der Waals surface area (Å²) >= 11 is 0. The summed E-state index contributed by atoms with van der Waals surface area (Å²) in [4.78, 5) is 27.5. The van der Waals surface area contributed by atoms with Crippen LogP contribution in [0, 0.1) is 0 Å². The summed E-state index contributed by atoms with van der Waals surface area (Å²) in [5.41, 5.74) is 6.35. The SMILES string of the molecule is COc1cc(C(=O)NC(C)c2ccncc2)cc(OC)c1OCC(N)=O. The molecule has 0 aliphatic carbocycles. The number of rotatable bonds is 8. The summed E-state index contributed by atoms with van der Waals surface area (Å²) in [6.45, 7) is 1.53. The third-order valence-corrected chi connectivity index (χ3v) is 3.64. The van der Waals surface area contributed by atoms with E-state index in [1.165, 1.54) is 26.4 Å². The highest BCUT2D eigenvalue weighted by Crippen LogP contribution is 2.38. The number of methoxy groups -OCH3 is 2. The van der Waals surface area contributed by atoms with Gasteiger partial charge in [-0.2, -0.15) is 0 Å². The number of pyridine rings is 1. The van der Waals surface area contributed by atoms with Gasteiger partial charge in [-0.15, -0.1) is 0 Å². The lowest BCUT2D eigenvalue weighted by Gasteiger charge is -2.17. The van der Waals surface area contributed by atoms with Gasteiger partial charge in [-0.25, -0.2) is 0 Å². The minimum Gasteiger partial charge on any atom is -0.493 e. The molecule has 0 fully saturated rings. The van der Waals surface area contributed by atoms with Crippen LogP contribution in [0.5, 0.6) is 17.2 Å². The fraction of sp³-hybridized carbons (Fsp3) is 0.278. The van der Waals surface area contributed by atoms with Crippen molar-refractivity contribution in [2.45, 2.75) is 13.0 Å². The summed E-state index contributed by atoms with van der Waals surface area (Å²) < 4.78 is 15.8. The van der Waals surface area contributed by atoms with Crippen molar-refractivity contribution in [2.75, 3.05) is 20.8 Å². The number of primary amides is 1. The van der Waals surface area contributed by atoms with Crippen LogP contribution < -0.4 is 25.3 Å². The van der Waals surface area contributed by atoms with E-state index >= 15 is 0 Å². The van der Waals surface area contributed by atoms with Gasteiger partial charge in [0.1, 0.15) is 0 Å². The molecule has 8 nitrogen and oxygen atoms in total. The van der Waals surface area contributed by atoms with Crippen LogP contribution in [0.1, 0.15) is 28.9 Å². The van der Waals surface area contributed by atoms with Crippen LogP contribution in [0.25, 0.3) is 0 Å². The molecule has 26 heavy (non-hydrogen) atoms. The Hall–Kier alpha value is -3.29. The Morgan fingerprint density at radius 1 is 1.15 bits per heavy atom. The predicted octanol–water partition coefficient (Wildman–Crippen LogP) is 1.45. The number of hydrogen-bond acceptors (Lipinski definition) is 6. The van der Waals surface area contributed by atoms with Crippen molar-refractivity contribution < 1.29 is 23.8 Å². The molecule has 0 radical (unpaired) electrons. The van der Waals surface area contributed by atoms with Crippen molar-refractivity contribution >= 4 is 11.8 Å². The lowest BCUT2D eigenvalue weighted by Crippen LogP contribution is -2.26. The Morgan fingerprint density at radius 3 is 2.23 bits per heavy atom. The highest BCUT2D eigenvalue weighted by Gasteiger charge is 2.19. The summed E-state index contributed by atoms with van der Waals surface area (Å²) in [5, 5.41) is 2.89. The summed E-state index contributed by atoms with van der Waals surface area (Å²) in [7, 11) is 2.85. The first-order valence-electron chi connectivity index (χ1n) is 7.84. The first-order chi connectivity index (χ1) is 12.5. The number of nitrogens with two attached hydrogens (primary N) is 1. The molecule has 0 aliphatic rings. The highest BCUT2D eigenvalue weighted by molar-refractivity contribution is 5.96. The van der Waals surface area contributed by atoms with E-state index in [4.69, 9.17) is 19.9 Å². The standard InChI is InChI=1S/C18H21N3O5/c1-11(12-4-6-20-7-5-12)21-18(23)13-8-14(24-2)17(15(9-13)25-3)26-10-16(19)22/h4-9,11H,10H2,1-3H3,(H2,19,22)(H,21,23). The third kappa shape index (κ3) is 4.62. The normalized spacial score (nSPS) is 11.3. The fourth-order valence-electron chi connectivity index (χ4n) is 2.31. The van der Waals surface area contributed by atoms with Gasteiger partial charge in [-0.1, -0.05) is 0 Å². The van der Waals surface area contributed by atoms with Crippen LogP contribution in [0.3, 0.4) is 0 Å². The molecule has 2 rings (SSSR count). The lowest BCUT2D eigenvalue weighted by atomic mass is 10.1. The van der Waals surface area contributed by atoms with Gasteiger partial charge in [0.25, 0.3) is 11.8 Å². The zero-order chi connectivity index (χ0) is 19.1. The van der Waals surface area contributed by atoms with Crippen molar-refractivity contribution in [1.82, 2.24) is 10.3 Å². The molecule has 3 N–H and O–H groups in total. The molecule has 8 heteroatoms. The van der Waals surface area contributed by atoms with Crippen LogP contribution in [-0.2, 0) is 4.79 Å². The van der Waals surface area contributed by atoms with E-state index in [1.807, 2.05) is 19.1 Å². The monoisotopic (exact) mass is 359 g/mol. The van der Waals surface area contributed by atoms with E-state index in [0.29, 0.717) is 5.56 Å². The van der Waals surface area contributed by atoms with Crippen molar-refractivity contribution in [3.8, 4) is 17.2 Å². The van der Waals surface area contributed by atoms with Gasteiger partial charge in [-0.05, 0) is 36.8 Å².